The van der Waals surface area contributed by atoms with E-state index in [9.17, 15) is 0 Å². The summed E-state index contributed by atoms with van der Waals surface area (Å²) in [7, 11) is -1.40. The molecule has 0 aliphatic heterocycles. The molecule has 0 saturated carbocycles. The SMILES string of the molecule is C=CCC(=C)B(O)O. The van der Waals surface area contributed by atoms with Gasteiger partial charge in [0, 0.05) is 0 Å². The van der Waals surface area contributed by atoms with Gasteiger partial charge >= 0.3 is 7.12 Å². The minimum Gasteiger partial charge on any atom is -0.423 e. The average molecular weight is 112 g/mol. The van der Waals surface area contributed by atoms with Gasteiger partial charge in [-0.25, -0.2) is 0 Å². The fourth-order valence-electron chi connectivity index (χ4n) is 0.291. The van der Waals surface area contributed by atoms with E-state index < -0.39 is 7.12 Å². The summed E-state index contributed by atoms with van der Waals surface area (Å²) in [6.45, 7) is 6.77. The van der Waals surface area contributed by atoms with Gasteiger partial charge in [-0.2, -0.15) is 0 Å². The van der Waals surface area contributed by atoms with E-state index in [0.29, 0.717) is 11.9 Å². The van der Waals surface area contributed by atoms with E-state index in [-0.39, 0.29) is 0 Å². The molecule has 0 rings (SSSR count). The van der Waals surface area contributed by atoms with Gasteiger partial charge in [0.15, 0.2) is 0 Å². The van der Waals surface area contributed by atoms with Crippen LogP contribution < -0.4 is 0 Å². The third-order valence-electron chi connectivity index (χ3n) is 0.772. The van der Waals surface area contributed by atoms with Crippen molar-refractivity contribution in [2.45, 2.75) is 6.42 Å². The molecule has 2 nitrogen and oxygen atoms in total. The maximum Gasteiger partial charge on any atom is 0.483 e. The molecule has 0 aliphatic rings. The third kappa shape index (κ3) is 2.61. The van der Waals surface area contributed by atoms with Gasteiger partial charge in [-0.1, -0.05) is 6.08 Å². The summed E-state index contributed by atoms with van der Waals surface area (Å²) in [6.07, 6.45) is 2.03. The van der Waals surface area contributed by atoms with Crippen LogP contribution in [0.25, 0.3) is 0 Å². The molecule has 44 valence electrons. The van der Waals surface area contributed by atoms with Crippen molar-refractivity contribution in [3.8, 4) is 0 Å². The monoisotopic (exact) mass is 112 g/mol. The third-order valence-corrected chi connectivity index (χ3v) is 0.772. The zero-order chi connectivity index (χ0) is 6.57. The number of allylic oxidation sites excluding steroid dienone is 2. The highest BCUT2D eigenvalue weighted by Gasteiger charge is 2.08. The minimum absolute atomic E-state index is 0.375. The largest absolute Gasteiger partial charge is 0.483 e. The van der Waals surface area contributed by atoms with Gasteiger partial charge < -0.3 is 10.0 Å². The van der Waals surface area contributed by atoms with Crippen LogP contribution in [-0.4, -0.2) is 17.2 Å². The Labute approximate surface area is 49.3 Å². The van der Waals surface area contributed by atoms with Crippen LogP contribution in [-0.2, 0) is 0 Å². The highest BCUT2D eigenvalue weighted by atomic mass is 16.4. The van der Waals surface area contributed by atoms with E-state index in [4.69, 9.17) is 10.0 Å². The normalized spacial score (nSPS) is 8.25. The lowest BCUT2D eigenvalue weighted by molar-refractivity contribution is 0.418. The Morgan fingerprint density at radius 1 is 1.62 bits per heavy atom. The molecule has 0 aromatic carbocycles. The Balaban J connectivity index is 3.48. The zero-order valence-electron chi connectivity index (χ0n) is 4.67. The number of rotatable bonds is 3. The molecule has 0 aliphatic carbocycles. The predicted molar refractivity (Wildman–Crippen MR) is 34.1 cm³/mol. The standard InChI is InChI=1S/C5H9BO2/c1-3-4-5(2)6(7)8/h3,7-8H,1-2,4H2. The van der Waals surface area contributed by atoms with Gasteiger partial charge in [-0.15, -0.1) is 13.2 Å². The maximum absolute atomic E-state index is 8.36. The molecule has 0 bridgehead atoms. The molecule has 2 N–H and O–H groups in total. The van der Waals surface area contributed by atoms with Gasteiger partial charge in [0.25, 0.3) is 0 Å². The molecule has 0 spiro atoms. The topological polar surface area (TPSA) is 40.5 Å². The quantitative estimate of drug-likeness (QED) is 0.402. The molecule has 0 atom stereocenters. The van der Waals surface area contributed by atoms with Crippen LogP contribution >= 0.6 is 0 Å². The first-order chi connectivity index (χ1) is 3.68. The van der Waals surface area contributed by atoms with Crippen molar-refractivity contribution in [2.75, 3.05) is 0 Å². The molecule has 0 saturated heterocycles. The van der Waals surface area contributed by atoms with Crippen LogP contribution in [0.5, 0.6) is 0 Å². The second-order valence-corrected chi connectivity index (χ2v) is 1.52. The first-order valence-electron chi connectivity index (χ1n) is 2.33. The van der Waals surface area contributed by atoms with E-state index in [1.807, 2.05) is 0 Å². The molecular weight excluding hydrogens is 103 g/mol. The molecule has 0 fully saturated rings. The van der Waals surface area contributed by atoms with Crippen LogP contribution in [0, 0.1) is 0 Å². The number of hydrogen-bond acceptors (Lipinski definition) is 2. The average Bonchev–Trinajstić information content (AvgIpc) is 1.67. The van der Waals surface area contributed by atoms with E-state index in [1.165, 1.54) is 0 Å². The van der Waals surface area contributed by atoms with Crippen molar-refractivity contribution < 1.29 is 10.0 Å². The lowest BCUT2D eigenvalue weighted by Gasteiger charge is -1.96. The fraction of sp³-hybridized carbons (Fsp3) is 0.200. The van der Waals surface area contributed by atoms with Gasteiger partial charge in [0.05, 0.1) is 0 Å². The Morgan fingerprint density at radius 2 is 2.12 bits per heavy atom. The zero-order valence-corrected chi connectivity index (χ0v) is 4.67. The van der Waals surface area contributed by atoms with Crippen molar-refractivity contribution in [2.24, 2.45) is 0 Å². The van der Waals surface area contributed by atoms with Crippen LogP contribution in [0.4, 0.5) is 0 Å². The molecule has 0 radical (unpaired) electrons. The van der Waals surface area contributed by atoms with Crippen LogP contribution in [0.1, 0.15) is 6.42 Å². The molecule has 0 amide bonds. The molecule has 3 heteroatoms. The lowest BCUT2D eigenvalue weighted by Crippen LogP contribution is -2.13. The molecular formula is C5H9BO2. The highest BCUT2D eigenvalue weighted by molar-refractivity contribution is 6.50. The first-order valence-corrected chi connectivity index (χ1v) is 2.33. The Bertz CT molecular complexity index is 98.6. The van der Waals surface area contributed by atoms with E-state index in [0.717, 1.165) is 0 Å². The second-order valence-electron chi connectivity index (χ2n) is 1.52. The Kier molecular flexibility index (Phi) is 3.23. The molecule has 0 unspecified atom stereocenters. The van der Waals surface area contributed by atoms with E-state index >= 15 is 0 Å². The summed E-state index contributed by atoms with van der Waals surface area (Å²) in [5, 5.41) is 16.7. The van der Waals surface area contributed by atoms with Crippen molar-refractivity contribution in [1.29, 1.82) is 0 Å². The summed E-state index contributed by atoms with van der Waals surface area (Å²) < 4.78 is 0. The van der Waals surface area contributed by atoms with Gasteiger partial charge in [-0.3, -0.25) is 0 Å². The lowest BCUT2D eigenvalue weighted by atomic mass is 9.79. The Hall–Kier alpha value is -0.535. The molecule has 8 heavy (non-hydrogen) atoms. The van der Waals surface area contributed by atoms with Crippen molar-refractivity contribution in [1.82, 2.24) is 0 Å². The van der Waals surface area contributed by atoms with Crippen LogP contribution in [0.2, 0.25) is 0 Å². The molecule has 0 aromatic rings. The minimum atomic E-state index is -1.40. The first kappa shape index (κ1) is 7.46. The van der Waals surface area contributed by atoms with Crippen LogP contribution in [0.3, 0.4) is 0 Å². The second kappa shape index (κ2) is 3.46. The molecule has 0 heterocycles. The van der Waals surface area contributed by atoms with Crippen molar-refractivity contribution >= 4 is 7.12 Å². The highest BCUT2D eigenvalue weighted by Crippen LogP contribution is 1.97. The summed E-state index contributed by atoms with van der Waals surface area (Å²) >= 11 is 0. The summed E-state index contributed by atoms with van der Waals surface area (Å²) in [6, 6.07) is 0. The van der Waals surface area contributed by atoms with Crippen LogP contribution in [0.15, 0.2) is 24.7 Å². The van der Waals surface area contributed by atoms with Crippen molar-refractivity contribution in [3.05, 3.63) is 24.7 Å². The predicted octanol–water partition coefficient (Wildman–Crippen LogP) is 0.131. The summed E-state index contributed by atoms with van der Waals surface area (Å²) in [4.78, 5) is 0. The Morgan fingerprint density at radius 3 is 2.25 bits per heavy atom. The van der Waals surface area contributed by atoms with E-state index in [1.54, 1.807) is 6.08 Å². The van der Waals surface area contributed by atoms with Gasteiger partial charge in [-0.05, 0) is 11.9 Å². The smallest absolute Gasteiger partial charge is 0.423 e. The van der Waals surface area contributed by atoms with Gasteiger partial charge in [0.2, 0.25) is 0 Å². The van der Waals surface area contributed by atoms with E-state index in [2.05, 4.69) is 13.2 Å². The fourth-order valence-corrected chi connectivity index (χ4v) is 0.291. The summed E-state index contributed by atoms with van der Waals surface area (Å²) in [5.74, 6) is 0. The summed E-state index contributed by atoms with van der Waals surface area (Å²) in [5.41, 5.74) is 0.375. The van der Waals surface area contributed by atoms with Gasteiger partial charge in [0.1, 0.15) is 0 Å². The van der Waals surface area contributed by atoms with Crippen molar-refractivity contribution in [3.63, 3.8) is 0 Å². The molecule has 0 aromatic heterocycles. The number of hydrogen-bond donors (Lipinski definition) is 2. The maximum atomic E-state index is 8.36.